The minimum Gasteiger partial charge on any atom is -0.497 e. The molecule has 5 rings (SSSR count). The van der Waals surface area contributed by atoms with Gasteiger partial charge in [0, 0.05) is 42.1 Å². The number of carbonyl (C=O) groups is 1. The number of fused-ring (bicyclic) bond motifs is 4. The molecule has 0 unspecified atom stereocenters. The number of likely N-dealkylation sites (tertiary alicyclic amines) is 1. The van der Waals surface area contributed by atoms with Gasteiger partial charge in [-0.25, -0.2) is 0 Å². The first-order chi connectivity index (χ1) is 15.0. The van der Waals surface area contributed by atoms with Gasteiger partial charge in [-0.2, -0.15) is 0 Å². The maximum Gasteiger partial charge on any atom is 0.226 e. The summed E-state index contributed by atoms with van der Waals surface area (Å²) in [6.45, 7) is 2.74. The monoisotopic (exact) mass is 425 g/mol. The summed E-state index contributed by atoms with van der Waals surface area (Å²) < 4.78 is 7.72. The molecule has 1 amide bonds. The van der Waals surface area contributed by atoms with Crippen molar-refractivity contribution in [1.29, 1.82) is 0 Å². The standard InChI is InChI=1S/C25H35N3O3/c1-26-12-10-25(11-13-26)16-28(24(30)17-6-4-5-7-17)21(15-29)23-22(25)19-9-8-18(31-3)14-20(19)27(23)2/h8-9,14,17,21,29H,4-7,10-13,15-16H2,1-3H3/t21-/m1/s1. The first-order valence-electron chi connectivity index (χ1n) is 11.8. The molecule has 1 saturated carbocycles. The lowest BCUT2D eigenvalue weighted by Crippen LogP contribution is -2.56. The third-order valence-corrected chi connectivity index (χ3v) is 8.25. The van der Waals surface area contributed by atoms with Crippen molar-refractivity contribution in [2.75, 3.05) is 40.4 Å². The van der Waals surface area contributed by atoms with E-state index in [0.717, 1.165) is 75.1 Å². The highest BCUT2D eigenvalue weighted by Gasteiger charge is 2.49. The van der Waals surface area contributed by atoms with Gasteiger partial charge in [0.25, 0.3) is 0 Å². The van der Waals surface area contributed by atoms with Gasteiger partial charge in [-0.3, -0.25) is 4.79 Å². The number of hydrogen-bond acceptors (Lipinski definition) is 4. The van der Waals surface area contributed by atoms with Crippen LogP contribution in [0.2, 0.25) is 0 Å². The Morgan fingerprint density at radius 2 is 1.90 bits per heavy atom. The lowest BCUT2D eigenvalue weighted by Gasteiger charge is -2.50. The number of methoxy groups -OCH3 is 1. The number of amides is 1. The van der Waals surface area contributed by atoms with E-state index in [9.17, 15) is 9.90 Å². The average Bonchev–Trinajstić information content (AvgIpc) is 3.43. The van der Waals surface area contributed by atoms with Crippen molar-refractivity contribution in [3.8, 4) is 5.75 Å². The van der Waals surface area contributed by atoms with E-state index in [-0.39, 0.29) is 29.9 Å². The van der Waals surface area contributed by atoms with E-state index in [2.05, 4.69) is 40.6 Å². The number of carbonyl (C=O) groups excluding carboxylic acids is 1. The molecule has 3 aliphatic rings. The Bertz CT molecular complexity index is 984. The third kappa shape index (κ3) is 3.18. The molecule has 31 heavy (non-hydrogen) atoms. The number of piperidine rings is 1. The van der Waals surface area contributed by atoms with Gasteiger partial charge >= 0.3 is 0 Å². The highest BCUT2D eigenvalue weighted by atomic mass is 16.5. The Morgan fingerprint density at radius 1 is 1.19 bits per heavy atom. The van der Waals surface area contributed by atoms with Crippen molar-refractivity contribution in [2.24, 2.45) is 13.0 Å². The van der Waals surface area contributed by atoms with Crippen LogP contribution < -0.4 is 4.74 Å². The van der Waals surface area contributed by atoms with E-state index >= 15 is 0 Å². The summed E-state index contributed by atoms with van der Waals surface area (Å²) in [5.41, 5.74) is 3.54. The molecule has 1 saturated heterocycles. The minimum absolute atomic E-state index is 0.0389. The van der Waals surface area contributed by atoms with Gasteiger partial charge in [0.15, 0.2) is 0 Å². The van der Waals surface area contributed by atoms with Crippen LogP contribution in [-0.4, -0.2) is 65.8 Å². The predicted octanol–water partition coefficient (Wildman–Crippen LogP) is 3.22. The Balaban J connectivity index is 1.70. The Kier molecular flexibility index (Phi) is 5.25. The maximum absolute atomic E-state index is 13.7. The van der Waals surface area contributed by atoms with Gasteiger partial charge in [0.1, 0.15) is 5.75 Å². The molecule has 0 bridgehead atoms. The van der Waals surface area contributed by atoms with E-state index < -0.39 is 0 Å². The number of aryl methyl sites for hydroxylation is 1. The first kappa shape index (κ1) is 20.8. The summed E-state index contributed by atoms with van der Waals surface area (Å²) in [7, 11) is 5.96. The number of rotatable bonds is 3. The minimum atomic E-state index is -0.281. The number of hydrogen-bond donors (Lipinski definition) is 1. The summed E-state index contributed by atoms with van der Waals surface area (Å²) in [5, 5.41) is 11.8. The molecule has 1 N–H and O–H groups in total. The number of aliphatic hydroxyl groups excluding tert-OH is 1. The van der Waals surface area contributed by atoms with Crippen molar-refractivity contribution >= 4 is 16.8 Å². The van der Waals surface area contributed by atoms with Gasteiger partial charge in [-0.1, -0.05) is 12.8 Å². The van der Waals surface area contributed by atoms with Gasteiger partial charge < -0.3 is 24.2 Å². The summed E-state index contributed by atoms with van der Waals surface area (Å²) in [6.07, 6.45) is 6.33. The van der Waals surface area contributed by atoms with Crippen molar-refractivity contribution in [1.82, 2.24) is 14.4 Å². The zero-order chi connectivity index (χ0) is 21.8. The molecule has 2 aromatic rings. The second-order valence-corrected chi connectivity index (χ2v) is 9.93. The third-order valence-electron chi connectivity index (χ3n) is 8.25. The van der Waals surface area contributed by atoms with Gasteiger partial charge in [0.05, 0.1) is 25.3 Å². The number of nitrogens with zero attached hydrogens (tertiary/aromatic N) is 3. The van der Waals surface area contributed by atoms with Crippen LogP contribution in [0.4, 0.5) is 0 Å². The normalized spacial score (nSPS) is 24.1. The topological polar surface area (TPSA) is 57.9 Å². The zero-order valence-corrected chi connectivity index (χ0v) is 19.1. The number of aromatic nitrogens is 1. The second kappa shape index (κ2) is 7.82. The lowest BCUT2D eigenvalue weighted by atomic mass is 9.68. The Morgan fingerprint density at radius 3 is 2.55 bits per heavy atom. The van der Waals surface area contributed by atoms with E-state index in [1.807, 2.05) is 6.07 Å². The Hall–Kier alpha value is -2.05. The molecule has 1 aromatic carbocycles. The highest BCUT2D eigenvalue weighted by Crippen LogP contribution is 2.50. The average molecular weight is 426 g/mol. The van der Waals surface area contributed by atoms with Crippen molar-refractivity contribution < 1.29 is 14.6 Å². The molecule has 6 nitrogen and oxygen atoms in total. The summed E-state index contributed by atoms with van der Waals surface area (Å²) in [5.74, 6) is 1.21. The molecule has 2 aliphatic heterocycles. The van der Waals surface area contributed by atoms with E-state index in [1.165, 1.54) is 10.9 Å². The molecule has 3 heterocycles. The number of ether oxygens (including phenoxy) is 1. The fourth-order valence-electron chi connectivity index (χ4n) is 6.45. The molecule has 2 fully saturated rings. The number of benzene rings is 1. The van der Waals surface area contributed by atoms with Gasteiger partial charge in [0.2, 0.25) is 5.91 Å². The molecule has 1 aliphatic carbocycles. The molecule has 1 atom stereocenters. The summed E-state index contributed by atoms with van der Waals surface area (Å²) in [6, 6.07) is 6.02. The van der Waals surface area contributed by atoms with Crippen molar-refractivity contribution in [2.45, 2.75) is 50.0 Å². The second-order valence-electron chi connectivity index (χ2n) is 9.93. The van der Waals surface area contributed by atoms with Crippen LogP contribution in [0.1, 0.15) is 55.8 Å². The lowest BCUT2D eigenvalue weighted by molar-refractivity contribution is -0.141. The molecule has 0 radical (unpaired) electrons. The predicted molar refractivity (Wildman–Crippen MR) is 121 cm³/mol. The van der Waals surface area contributed by atoms with Crippen LogP contribution in [0, 0.1) is 5.92 Å². The first-order valence-corrected chi connectivity index (χ1v) is 11.8. The van der Waals surface area contributed by atoms with E-state index in [0.29, 0.717) is 0 Å². The number of aliphatic hydroxyl groups is 1. The Labute approximate surface area is 184 Å². The largest absolute Gasteiger partial charge is 0.497 e. The summed E-state index contributed by atoms with van der Waals surface area (Å²) >= 11 is 0. The molecule has 168 valence electrons. The molecular formula is C25H35N3O3. The van der Waals surface area contributed by atoms with Crippen LogP contribution in [-0.2, 0) is 17.3 Å². The fourth-order valence-corrected chi connectivity index (χ4v) is 6.45. The van der Waals surface area contributed by atoms with Crippen LogP contribution >= 0.6 is 0 Å². The SMILES string of the molecule is COc1ccc2c3c(n(C)c2c1)[C@@H](CO)N(C(=O)C1CCCC1)CC31CCN(C)CC1. The van der Waals surface area contributed by atoms with Crippen LogP contribution in [0.5, 0.6) is 5.75 Å². The maximum atomic E-state index is 13.7. The smallest absolute Gasteiger partial charge is 0.226 e. The molecule has 6 heteroatoms. The zero-order valence-electron chi connectivity index (χ0n) is 19.1. The van der Waals surface area contributed by atoms with Crippen molar-refractivity contribution in [3.05, 3.63) is 29.5 Å². The van der Waals surface area contributed by atoms with Crippen LogP contribution in [0.3, 0.4) is 0 Å². The molecule has 1 aromatic heterocycles. The van der Waals surface area contributed by atoms with E-state index in [4.69, 9.17) is 4.74 Å². The molecule has 1 spiro atoms. The quantitative estimate of drug-likeness (QED) is 0.820. The van der Waals surface area contributed by atoms with E-state index in [1.54, 1.807) is 7.11 Å². The van der Waals surface area contributed by atoms with Gasteiger partial charge in [-0.15, -0.1) is 0 Å². The highest BCUT2D eigenvalue weighted by molar-refractivity contribution is 5.90. The summed E-state index contributed by atoms with van der Waals surface area (Å²) in [4.78, 5) is 18.1. The fraction of sp³-hybridized carbons (Fsp3) is 0.640. The van der Waals surface area contributed by atoms with Crippen LogP contribution in [0.15, 0.2) is 18.2 Å². The molecular weight excluding hydrogens is 390 g/mol. The van der Waals surface area contributed by atoms with Crippen LogP contribution in [0.25, 0.3) is 10.9 Å². The van der Waals surface area contributed by atoms with Crippen molar-refractivity contribution in [3.63, 3.8) is 0 Å². The van der Waals surface area contributed by atoms with Gasteiger partial charge in [-0.05, 0) is 63.5 Å².